The largest absolute Gasteiger partial charge is 0.478 e. The highest BCUT2D eigenvalue weighted by atomic mass is 16.4. The second kappa shape index (κ2) is 4.41. The van der Waals surface area contributed by atoms with Crippen LogP contribution in [-0.4, -0.2) is 21.0 Å². The van der Waals surface area contributed by atoms with E-state index in [2.05, 4.69) is 9.97 Å². The summed E-state index contributed by atoms with van der Waals surface area (Å²) in [5, 5.41) is 17.6. The lowest BCUT2D eigenvalue weighted by Gasteiger charge is -2.01. The Balaban J connectivity index is 2.49. The molecule has 0 unspecified atom stereocenters. The summed E-state index contributed by atoms with van der Waals surface area (Å²) in [5.41, 5.74) is 1.81. The number of rotatable bonds is 2. The first kappa shape index (κ1) is 10.8. The summed E-state index contributed by atoms with van der Waals surface area (Å²) >= 11 is 0. The van der Waals surface area contributed by atoms with E-state index in [4.69, 9.17) is 10.4 Å². The first-order valence-electron chi connectivity index (χ1n) is 4.74. The van der Waals surface area contributed by atoms with Gasteiger partial charge >= 0.3 is 5.97 Å². The van der Waals surface area contributed by atoms with Gasteiger partial charge in [-0.15, -0.1) is 0 Å². The van der Waals surface area contributed by atoms with Crippen molar-refractivity contribution in [1.29, 1.82) is 5.26 Å². The van der Waals surface area contributed by atoms with Gasteiger partial charge in [-0.3, -0.25) is 9.97 Å². The Morgan fingerprint density at radius 1 is 1.12 bits per heavy atom. The number of nitriles is 1. The van der Waals surface area contributed by atoms with Crippen molar-refractivity contribution < 1.29 is 9.90 Å². The molecule has 0 atom stereocenters. The van der Waals surface area contributed by atoms with Crippen molar-refractivity contribution in [3.63, 3.8) is 0 Å². The molecule has 0 spiro atoms. The van der Waals surface area contributed by atoms with Crippen molar-refractivity contribution in [1.82, 2.24) is 9.97 Å². The van der Waals surface area contributed by atoms with Crippen LogP contribution in [0, 0.1) is 11.3 Å². The average Bonchev–Trinajstić information content (AvgIpc) is 2.39. The number of aromatic nitrogens is 2. The van der Waals surface area contributed by atoms with Crippen molar-refractivity contribution >= 4 is 5.97 Å². The third kappa shape index (κ3) is 2.26. The molecule has 0 saturated heterocycles. The van der Waals surface area contributed by atoms with E-state index >= 15 is 0 Å². The average molecular weight is 225 g/mol. The summed E-state index contributed by atoms with van der Waals surface area (Å²) in [4.78, 5) is 18.6. The lowest BCUT2D eigenvalue weighted by atomic mass is 10.1. The Morgan fingerprint density at radius 2 is 1.76 bits per heavy atom. The Labute approximate surface area is 97.0 Å². The van der Waals surface area contributed by atoms with Gasteiger partial charge in [-0.2, -0.15) is 5.26 Å². The number of hydrogen-bond donors (Lipinski definition) is 1. The molecule has 0 aromatic carbocycles. The number of carboxylic acids is 1. The molecular weight excluding hydrogens is 218 g/mol. The van der Waals surface area contributed by atoms with Crippen molar-refractivity contribution in [3.8, 4) is 17.2 Å². The Hall–Kier alpha value is -2.74. The van der Waals surface area contributed by atoms with Gasteiger partial charge in [-0.25, -0.2) is 4.79 Å². The van der Waals surface area contributed by atoms with Gasteiger partial charge in [-0.1, -0.05) is 0 Å². The van der Waals surface area contributed by atoms with Gasteiger partial charge in [0.05, 0.1) is 11.1 Å². The molecule has 2 heterocycles. The van der Waals surface area contributed by atoms with Crippen LogP contribution < -0.4 is 0 Å². The van der Waals surface area contributed by atoms with Crippen LogP contribution in [0.25, 0.3) is 11.1 Å². The minimum absolute atomic E-state index is 0.102. The molecular formula is C12H7N3O2. The predicted octanol–water partition coefficient (Wildman–Crippen LogP) is 1.71. The van der Waals surface area contributed by atoms with Crippen LogP contribution in [0.1, 0.15) is 15.9 Å². The maximum atomic E-state index is 10.8. The maximum Gasteiger partial charge on any atom is 0.337 e. The molecule has 0 aliphatic carbocycles. The Morgan fingerprint density at radius 3 is 2.41 bits per heavy atom. The predicted molar refractivity (Wildman–Crippen MR) is 59.1 cm³/mol. The monoisotopic (exact) mass is 225 g/mol. The molecule has 17 heavy (non-hydrogen) atoms. The molecule has 5 heteroatoms. The maximum absolute atomic E-state index is 10.8. The number of pyridine rings is 2. The van der Waals surface area contributed by atoms with Crippen molar-refractivity contribution in [2.24, 2.45) is 0 Å². The molecule has 0 aliphatic rings. The highest BCUT2D eigenvalue weighted by molar-refractivity contribution is 5.88. The zero-order chi connectivity index (χ0) is 12.3. The topological polar surface area (TPSA) is 86.9 Å². The summed E-state index contributed by atoms with van der Waals surface area (Å²) in [6, 6.07) is 5.10. The van der Waals surface area contributed by atoms with E-state index in [1.54, 1.807) is 12.3 Å². The molecule has 0 radical (unpaired) electrons. The lowest BCUT2D eigenvalue weighted by molar-refractivity contribution is 0.0696. The second-order valence-corrected chi connectivity index (χ2v) is 3.34. The summed E-state index contributed by atoms with van der Waals surface area (Å²) < 4.78 is 0. The first-order chi connectivity index (χ1) is 8.20. The smallest absolute Gasteiger partial charge is 0.337 e. The van der Waals surface area contributed by atoms with Gasteiger partial charge in [0.15, 0.2) is 0 Å². The van der Waals surface area contributed by atoms with Gasteiger partial charge in [0.25, 0.3) is 0 Å². The number of carbonyl (C=O) groups is 1. The number of nitrogens with zero attached hydrogens (tertiary/aromatic N) is 3. The SMILES string of the molecule is N#Cc1cncc(-c2cncc(C(=O)O)c2)c1. The molecule has 0 amide bonds. The van der Waals surface area contributed by atoms with E-state index in [-0.39, 0.29) is 5.56 Å². The highest BCUT2D eigenvalue weighted by Gasteiger charge is 2.06. The summed E-state index contributed by atoms with van der Waals surface area (Å²) in [5.74, 6) is -1.04. The van der Waals surface area contributed by atoms with Crippen LogP contribution >= 0.6 is 0 Å². The minimum atomic E-state index is -1.04. The van der Waals surface area contributed by atoms with Gasteiger partial charge in [0.2, 0.25) is 0 Å². The summed E-state index contributed by atoms with van der Waals surface area (Å²) in [6.45, 7) is 0. The van der Waals surface area contributed by atoms with E-state index in [0.717, 1.165) is 0 Å². The van der Waals surface area contributed by atoms with Crippen LogP contribution in [0.15, 0.2) is 36.9 Å². The highest BCUT2D eigenvalue weighted by Crippen LogP contribution is 2.19. The molecule has 2 aromatic heterocycles. The van der Waals surface area contributed by atoms with Crippen molar-refractivity contribution in [2.75, 3.05) is 0 Å². The van der Waals surface area contributed by atoms with Crippen LogP contribution in [0.5, 0.6) is 0 Å². The van der Waals surface area contributed by atoms with Gasteiger partial charge < -0.3 is 5.11 Å². The van der Waals surface area contributed by atoms with E-state index in [9.17, 15) is 4.79 Å². The summed E-state index contributed by atoms with van der Waals surface area (Å²) in [6.07, 6.45) is 5.81. The van der Waals surface area contributed by atoms with Gasteiger partial charge in [0.1, 0.15) is 6.07 Å². The quantitative estimate of drug-likeness (QED) is 0.840. The van der Waals surface area contributed by atoms with E-state index in [1.807, 2.05) is 6.07 Å². The zero-order valence-electron chi connectivity index (χ0n) is 8.66. The van der Waals surface area contributed by atoms with Gasteiger partial charge in [-0.05, 0) is 12.1 Å². The molecule has 2 rings (SSSR count). The summed E-state index contributed by atoms with van der Waals surface area (Å²) in [7, 11) is 0. The Bertz CT molecular complexity index is 617. The minimum Gasteiger partial charge on any atom is -0.478 e. The van der Waals surface area contributed by atoms with E-state index in [1.165, 1.54) is 24.7 Å². The number of carboxylic acid groups (broad SMARTS) is 1. The molecule has 0 aliphatic heterocycles. The fraction of sp³-hybridized carbons (Fsp3) is 0. The normalized spacial score (nSPS) is 9.59. The zero-order valence-corrected chi connectivity index (χ0v) is 8.66. The van der Waals surface area contributed by atoms with Crippen molar-refractivity contribution in [2.45, 2.75) is 0 Å². The van der Waals surface area contributed by atoms with Crippen LogP contribution in [0.2, 0.25) is 0 Å². The second-order valence-electron chi connectivity index (χ2n) is 3.34. The molecule has 0 bridgehead atoms. The Kier molecular flexibility index (Phi) is 2.79. The molecule has 0 saturated carbocycles. The fourth-order valence-electron chi connectivity index (χ4n) is 1.37. The lowest BCUT2D eigenvalue weighted by Crippen LogP contribution is -1.97. The molecule has 1 N–H and O–H groups in total. The van der Waals surface area contributed by atoms with E-state index in [0.29, 0.717) is 16.7 Å². The standard InChI is InChI=1S/C12H7N3O2/c13-3-8-1-9(5-14-4-8)10-2-11(12(16)17)7-15-6-10/h1-2,4-7H,(H,16,17). The van der Waals surface area contributed by atoms with Crippen LogP contribution in [0.4, 0.5) is 0 Å². The molecule has 2 aromatic rings. The van der Waals surface area contributed by atoms with Crippen molar-refractivity contribution in [3.05, 3.63) is 48.0 Å². The molecule has 82 valence electrons. The molecule has 0 fully saturated rings. The van der Waals surface area contributed by atoms with Crippen LogP contribution in [0.3, 0.4) is 0 Å². The molecule has 5 nitrogen and oxygen atoms in total. The third-order valence-corrected chi connectivity index (χ3v) is 2.19. The third-order valence-electron chi connectivity index (χ3n) is 2.19. The van der Waals surface area contributed by atoms with Gasteiger partial charge in [0, 0.05) is 35.9 Å². The first-order valence-corrected chi connectivity index (χ1v) is 4.74. The fourth-order valence-corrected chi connectivity index (χ4v) is 1.37. The number of aromatic carboxylic acids is 1. The van der Waals surface area contributed by atoms with E-state index < -0.39 is 5.97 Å². The number of hydrogen-bond acceptors (Lipinski definition) is 4. The van der Waals surface area contributed by atoms with Crippen LogP contribution in [-0.2, 0) is 0 Å².